The Morgan fingerprint density at radius 2 is 2.13 bits per heavy atom. The van der Waals surface area contributed by atoms with Gasteiger partial charge in [0.1, 0.15) is 0 Å². The maximum Gasteiger partial charge on any atom is 0.222 e. The zero-order valence-corrected chi connectivity index (χ0v) is 9.33. The molecule has 0 unspecified atom stereocenters. The van der Waals surface area contributed by atoms with Crippen LogP contribution in [-0.2, 0) is 11.2 Å². The van der Waals surface area contributed by atoms with E-state index >= 15 is 0 Å². The van der Waals surface area contributed by atoms with Crippen molar-refractivity contribution >= 4 is 17.5 Å². The summed E-state index contributed by atoms with van der Waals surface area (Å²) < 4.78 is 0. The molecule has 0 aliphatic carbocycles. The molecule has 1 aliphatic rings. The zero-order valence-electron chi connectivity index (χ0n) is 8.58. The number of hydrogen-bond acceptors (Lipinski definition) is 1. The molecule has 2 nitrogen and oxygen atoms in total. The van der Waals surface area contributed by atoms with Gasteiger partial charge in [-0.05, 0) is 24.5 Å². The summed E-state index contributed by atoms with van der Waals surface area (Å²) in [7, 11) is 0. The smallest absolute Gasteiger partial charge is 0.222 e. The summed E-state index contributed by atoms with van der Waals surface area (Å²) in [5, 5.41) is 0.796. The first-order valence-corrected chi connectivity index (χ1v) is 5.66. The van der Waals surface area contributed by atoms with Gasteiger partial charge in [0, 0.05) is 24.5 Å². The highest BCUT2D eigenvalue weighted by atomic mass is 35.5. The van der Waals surface area contributed by atoms with Crippen molar-refractivity contribution in [3.63, 3.8) is 0 Å². The monoisotopic (exact) mass is 223 g/mol. The molecule has 15 heavy (non-hydrogen) atoms. The number of hydrogen-bond donors (Lipinski definition) is 0. The van der Waals surface area contributed by atoms with E-state index in [4.69, 9.17) is 11.6 Å². The molecular weight excluding hydrogens is 210 g/mol. The fourth-order valence-electron chi connectivity index (χ4n) is 1.90. The molecule has 1 saturated heterocycles. The van der Waals surface area contributed by atoms with Crippen LogP contribution in [0.5, 0.6) is 0 Å². The lowest BCUT2D eigenvalue weighted by Gasteiger charge is -2.15. The largest absolute Gasteiger partial charge is 0.342 e. The molecule has 0 radical (unpaired) electrons. The number of carbonyl (C=O) groups excluding carboxylic acids is 1. The van der Waals surface area contributed by atoms with E-state index in [1.54, 1.807) is 0 Å². The predicted octanol–water partition coefficient (Wildman–Crippen LogP) is 2.50. The highest BCUT2D eigenvalue weighted by molar-refractivity contribution is 6.31. The lowest BCUT2D eigenvalue weighted by Crippen LogP contribution is -2.26. The fraction of sp³-hybridized carbons (Fsp3) is 0.417. The van der Waals surface area contributed by atoms with E-state index in [2.05, 4.69) is 0 Å². The first kappa shape index (κ1) is 10.5. The molecule has 1 amide bonds. The van der Waals surface area contributed by atoms with Crippen LogP contribution in [0.15, 0.2) is 24.3 Å². The molecule has 3 heteroatoms. The van der Waals surface area contributed by atoms with E-state index in [9.17, 15) is 4.79 Å². The molecule has 0 N–H and O–H groups in total. The molecule has 0 spiro atoms. The summed E-state index contributed by atoms with van der Waals surface area (Å²) in [6, 6.07) is 7.81. The average molecular weight is 224 g/mol. The zero-order chi connectivity index (χ0) is 10.7. The van der Waals surface area contributed by atoms with E-state index in [0.29, 0.717) is 6.42 Å². The Morgan fingerprint density at radius 3 is 2.80 bits per heavy atom. The Bertz CT molecular complexity index is 364. The van der Waals surface area contributed by atoms with Crippen molar-refractivity contribution < 1.29 is 4.79 Å². The molecule has 0 atom stereocenters. The topological polar surface area (TPSA) is 20.3 Å². The number of halogens is 1. The first-order valence-electron chi connectivity index (χ1n) is 5.28. The molecule has 2 rings (SSSR count). The summed E-state index contributed by atoms with van der Waals surface area (Å²) in [4.78, 5) is 13.3. The molecule has 0 bridgehead atoms. The molecule has 1 aromatic rings. The predicted molar refractivity (Wildman–Crippen MR) is 61.0 cm³/mol. The van der Waals surface area contributed by atoms with Gasteiger partial charge >= 0.3 is 0 Å². The lowest BCUT2D eigenvalue weighted by molar-refractivity contribution is -0.127. The van der Waals surface area contributed by atoms with Gasteiger partial charge in [-0.1, -0.05) is 29.8 Å². The number of amides is 1. The molecule has 0 saturated carbocycles. The third kappa shape index (κ3) is 2.51. The van der Waals surface area contributed by atoms with Gasteiger partial charge in [0.2, 0.25) is 5.91 Å². The maximum atomic E-state index is 11.4. The molecule has 0 aromatic heterocycles. The number of rotatable bonds is 3. The molecule has 1 aromatic carbocycles. The quantitative estimate of drug-likeness (QED) is 0.771. The van der Waals surface area contributed by atoms with Crippen molar-refractivity contribution in [2.24, 2.45) is 0 Å². The van der Waals surface area contributed by atoms with E-state index in [1.807, 2.05) is 29.2 Å². The minimum atomic E-state index is 0.280. The van der Waals surface area contributed by atoms with Crippen molar-refractivity contribution in [2.75, 3.05) is 13.1 Å². The fourth-order valence-corrected chi connectivity index (χ4v) is 2.13. The van der Waals surface area contributed by atoms with Gasteiger partial charge in [0.05, 0.1) is 0 Å². The van der Waals surface area contributed by atoms with Gasteiger partial charge in [-0.3, -0.25) is 4.79 Å². The Labute approximate surface area is 94.8 Å². The van der Waals surface area contributed by atoms with Crippen molar-refractivity contribution in [2.45, 2.75) is 19.3 Å². The van der Waals surface area contributed by atoms with Crippen LogP contribution in [0.25, 0.3) is 0 Å². The van der Waals surface area contributed by atoms with Gasteiger partial charge in [-0.15, -0.1) is 0 Å². The van der Waals surface area contributed by atoms with Gasteiger partial charge in [-0.25, -0.2) is 0 Å². The Hall–Kier alpha value is -1.02. The van der Waals surface area contributed by atoms with Crippen LogP contribution in [0.4, 0.5) is 0 Å². The Balaban J connectivity index is 1.93. The van der Waals surface area contributed by atoms with Crippen LogP contribution in [0, 0.1) is 0 Å². The number of benzene rings is 1. The average Bonchev–Trinajstić information content (AvgIpc) is 2.63. The standard InChI is InChI=1S/C12H14ClNO/c13-11-5-2-1-4-10(11)7-9-14-8-3-6-12(14)15/h1-2,4-5H,3,6-9H2. The number of carbonyl (C=O) groups is 1. The highest BCUT2D eigenvalue weighted by Crippen LogP contribution is 2.17. The second-order valence-electron chi connectivity index (χ2n) is 3.83. The molecule has 1 aliphatic heterocycles. The van der Waals surface area contributed by atoms with Crippen LogP contribution in [0.3, 0.4) is 0 Å². The summed E-state index contributed by atoms with van der Waals surface area (Å²) in [5.41, 5.74) is 1.12. The summed E-state index contributed by atoms with van der Waals surface area (Å²) in [6.07, 6.45) is 2.56. The summed E-state index contributed by atoms with van der Waals surface area (Å²) in [6.45, 7) is 1.70. The van der Waals surface area contributed by atoms with Crippen LogP contribution in [0.2, 0.25) is 5.02 Å². The van der Waals surface area contributed by atoms with Gasteiger partial charge in [-0.2, -0.15) is 0 Å². The normalized spacial score (nSPS) is 16.1. The minimum Gasteiger partial charge on any atom is -0.342 e. The van der Waals surface area contributed by atoms with Crippen LogP contribution in [-0.4, -0.2) is 23.9 Å². The molecule has 1 fully saturated rings. The third-order valence-electron chi connectivity index (χ3n) is 2.78. The highest BCUT2D eigenvalue weighted by Gasteiger charge is 2.19. The summed E-state index contributed by atoms with van der Waals surface area (Å²) in [5.74, 6) is 0.280. The molecular formula is C12H14ClNO. The third-order valence-corrected chi connectivity index (χ3v) is 3.15. The molecule has 80 valence electrons. The maximum absolute atomic E-state index is 11.4. The first-order chi connectivity index (χ1) is 7.27. The SMILES string of the molecule is O=C1CCCN1CCc1ccccc1Cl. The van der Waals surface area contributed by atoms with Crippen molar-refractivity contribution in [1.82, 2.24) is 4.90 Å². The van der Waals surface area contributed by atoms with E-state index in [0.717, 1.165) is 36.5 Å². The number of likely N-dealkylation sites (tertiary alicyclic amines) is 1. The second kappa shape index (κ2) is 4.67. The van der Waals surface area contributed by atoms with E-state index < -0.39 is 0 Å². The van der Waals surface area contributed by atoms with Crippen LogP contribution < -0.4 is 0 Å². The van der Waals surface area contributed by atoms with Gasteiger partial charge in [0.15, 0.2) is 0 Å². The van der Waals surface area contributed by atoms with Gasteiger partial charge in [0.25, 0.3) is 0 Å². The van der Waals surface area contributed by atoms with Crippen molar-refractivity contribution in [3.05, 3.63) is 34.9 Å². The minimum absolute atomic E-state index is 0.280. The Kier molecular flexibility index (Phi) is 3.27. The van der Waals surface area contributed by atoms with Crippen molar-refractivity contribution in [3.8, 4) is 0 Å². The molecule has 1 heterocycles. The summed E-state index contributed by atoms with van der Waals surface area (Å²) >= 11 is 6.04. The second-order valence-corrected chi connectivity index (χ2v) is 4.23. The van der Waals surface area contributed by atoms with E-state index in [-0.39, 0.29) is 5.91 Å². The lowest BCUT2D eigenvalue weighted by atomic mass is 10.1. The van der Waals surface area contributed by atoms with Crippen LogP contribution in [0.1, 0.15) is 18.4 Å². The van der Waals surface area contributed by atoms with Crippen molar-refractivity contribution in [1.29, 1.82) is 0 Å². The van der Waals surface area contributed by atoms with Crippen LogP contribution >= 0.6 is 11.6 Å². The number of nitrogens with zero attached hydrogens (tertiary/aromatic N) is 1. The van der Waals surface area contributed by atoms with E-state index in [1.165, 1.54) is 0 Å². The Morgan fingerprint density at radius 1 is 1.33 bits per heavy atom. The van der Waals surface area contributed by atoms with Gasteiger partial charge < -0.3 is 4.90 Å².